The molecule has 0 unspecified atom stereocenters. The van der Waals surface area contributed by atoms with E-state index in [0.29, 0.717) is 0 Å². The fourth-order valence-corrected chi connectivity index (χ4v) is 2.96. The van der Waals surface area contributed by atoms with Crippen molar-refractivity contribution >= 4 is 0 Å². The highest BCUT2D eigenvalue weighted by Gasteiger charge is 2.18. The molecular weight excluding hydrogens is 268 g/mol. The standard InChI is InChI=1S/C20H31N2/c1-3-5-7-8-12-16-22-18-17-21(15-6-4-2)20(22)19-13-10-9-11-14-19/h9-11,13-14,17-18H,3-8,12,15-16H2,1-2H3/q+1. The van der Waals surface area contributed by atoms with Gasteiger partial charge in [-0.3, -0.25) is 0 Å². The van der Waals surface area contributed by atoms with Crippen LogP contribution in [0.3, 0.4) is 0 Å². The summed E-state index contributed by atoms with van der Waals surface area (Å²) in [6, 6.07) is 10.8. The lowest BCUT2D eigenvalue weighted by Gasteiger charge is -2.05. The van der Waals surface area contributed by atoms with E-state index in [1.54, 1.807) is 0 Å². The zero-order valence-electron chi connectivity index (χ0n) is 14.3. The number of aromatic nitrogens is 2. The first-order chi connectivity index (χ1) is 10.9. The summed E-state index contributed by atoms with van der Waals surface area (Å²) in [5.74, 6) is 1.37. The Morgan fingerprint density at radius 2 is 1.59 bits per heavy atom. The quantitative estimate of drug-likeness (QED) is 0.420. The Kier molecular flexibility index (Phi) is 7.21. The third-order valence-corrected chi connectivity index (χ3v) is 4.26. The molecular formula is C20H31N2+. The molecule has 1 aromatic heterocycles. The van der Waals surface area contributed by atoms with Crippen LogP contribution in [0.5, 0.6) is 0 Å². The summed E-state index contributed by atoms with van der Waals surface area (Å²) < 4.78 is 4.86. The molecule has 2 heteroatoms. The van der Waals surface area contributed by atoms with Gasteiger partial charge in [0.1, 0.15) is 12.4 Å². The minimum Gasteiger partial charge on any atom is -0.230 e. The Bertz CT molecular complexity index is 528. The monoisotopic (exact) mass is 299 g/mol. The summed E-state index contributed by atoms with van der Waals surface area (Å²) in [5.41, 5.74) is 1.33. The second-order valence-electron chi connectivity index (χ2n) is 6.14. The van der Waals surface area contributed by atoms with E-state index < -0.39 is 0 Å². The van der Waals surface area contributed by atoms with Gasteiger partial charge in [0.05, 0.1) is 18.7 Å². The Morgan fingerprint density at radius 1 is 0.864 bits per heavy atom. The molecule has 0 saturated carbocycles. The van der Waals surface area contributed by atoms with E-state index in [1.807, 2.05) is 0 Å². The second-order valence-corrected chi connectivity index (χ2v) is 6.14. The highest BCUT2D eigenvalue weighted by molar-refractivity contribution is 5.52. The number of benzene rings is 1. The van der Waals surface area contributed by atoms with Crippen LogP contribution in [0, 0.1) is 0 Å². The van der Waals surface area contributed by atoms with Crippen LogP contribution in [-0.2, 0) is 13.1 Å². The van der Waals surface area contributed by atoms with Crippen LogP contribution < -0.4 is 4.57 Å². The molecule has 0 aliphatic heterocycles. The summed E-state index contributed by atoms with van der Waals surface area (Å²) in [6.07, 6.45) is 13.7. The molecule has 1 heterocycles. The van der Waals surface area contributed by atoms with Gasteiger partial charge in [-0.15, -0.1) is 0 Å². The molecule has 0 bridgehead atoms. The Morgan fingerprint density at radius 3 is 2.32 bits per heavy atom. The van der Waals surface area contributed by atoms with Gasteiger partial charge < -0.3 is 0 Å². The van der Waals surface area contributed by atoms with E-state index in [9.17, 15) is 0 Å². The van der Waals surface area contributed by atoms with Crippen LogP contribution in [0.4, 0.5) is 0 Å². The van der Waals surface area contributed by atoms with Crippen molar-refractivity contribution in [2.75, 3.05) is 0 Å². The van der Waals surface area contributed by atoms with Gasteiger partial charge in [0.2, 0.25) is 0 Å². The fraction of sp³-hybridized carbons (Fsp3) is 0.550. The van der Waals surface area contributed by atoms with Gasteiger partial charge in [-0.25, -0.2) is 9.13 Å². The van der Waals surface area contributed by atoms with Crippen molar-refractivity contribution in [1.82, 2.24) is 4.57 Å². The van der Waals surface area contributed by atoms with Crippen molar-refractivity contribution in [2.45, 2.75) is 71.9 Å². The minimum atomic E-state index is 1.11. The predicted octanol–water partition coefficient (Wildman–Crippen LogP) is 5.21. The molecule has 0 N–H and O–H groups in total. The molecule has 2 nitrogen and oxygen atoms in total. The normalized spacial score (nSPS) is 11.0. The van der Waals surface area contributed by atoms with Crippen LogP contribution in [0.2, 0.25) is 0 Å². The van der Waals surface area contributed by atoms with Gasteiger partial charge in [0.15, 0.2) is 0 Å². The van der Waals surface area contributed by atoms with Crippen LogP contribution >= 0.6 is 0 Å². The number of aryl methyl sites for hydroxylation is 2. The SMILES string of the molecule is CCCCCCC[n+]1ccn(CCCC)c1-c1ccccc1. The van der Waals surface area contributed by atoms with Crippen LogP contribution in [0.1, 0.15) is 58.8 Å². The first kappa shape index (κ1) is 16.8. The van der Waals surface area contributed by atoms with Crippen molar-refractivity contribution in [1.29, 1.82) is 0 Å². The summed E-state index contributed by atoms with van der Waals surface area (Å²) in [7, 11) is 0. The van der Waals surface area contributed by atoms with Crippen molar-refractivity contribution < 1.29 is 4.57 Å². The van der Waals surface area contributed by atoms with Crippen molar-refractivity contribution in [3.05, 3.63) is 42.7 Å². The van der Waals surface area contributed by atoms with Crippen molar-refractivity contribution in [3.8, 4) is 11.4 Å². The third-order valence-electron chi connectivity index (χ3n) is 4.26. The number of hydrogen-bond donors (Lipinski definition) is 0. The fourth-order valence-electron chi connectivity index (χ4n) is 2.96. The van der Waals surface area contributed by atoms with E-state index in [4.69, 9.17) is 0 Å². The van der Waals surface area contributed by atoms with E-state index in [-0.39, 0.29) is 0 Å². The van der Waals surface area contributed by atoms with Crippen LogP contribution in [-0.4, -0.2) is 4.57 Å². The maximum Gasteiger partial charge on any atom is 0.288 e. The molecule has 1 aromatic carbocycles. The minimum absolute atomic E-state index is 1.11. The van der Waals surface area contributed by atoms with Crippen molar-refractivity contribution in [2.24, 2.45) is 0 Å². The summed E-state index contributed by atoms with van der Waals surface area (Å²) in [6.45, 7) is 6.78. The molecule has 0 aliphatic carbocycles. The van der Waals surface area contributed by atoms with Crippen LogP contribution in [0.25, 0.3) is 11.4 Å². The van der Waals surface area contributed by atoms with E-state index in [0.717, 1.165) is 13.1 Å². The number of nitrogens with zero attached hydrogens (tertiary/aromatic N) is 2. The average molecular weight is 299 g/mol. The third kappa shape index (κ3) is 4.72. The van der Waals surface area contributed by atoms with Crippen molar-refractivity contribution in [3.63, 3.8) is 0 Å². The first-order valence-electron chi connectivity index (χ1n) is 9.00. The number of hydrogen-bond acceptors (Lipinski definition) is 0. The number of imidazole rings is 1. The Balaban J connectivity index is 2.10. The molecule has 2 rings (SSSR count). The van der Waals surface area contributed by atoms with Crippen LogP contribution in [0.15, 0.2) is 42.7 Å². The largest absolute Gasteiger partial charge is 0.288 e. The molecule has 0 atom stereocenters. The van der Waals surface area contributed by atoms with Gasteiger partial charge >= 0.3 is 0 Å². The average Bonchev–Trinajstić information content (AvgIpc) is 2.96. The number of unbranched alkanes of at least 4 members (excludes halogenated alkanes) is 5. The van der Waals surface area contributed by atoms with E-state index in [1.165, 1.54) is 56.3 Å². The molecule has 0 saturated heterocycles. The smallest absolute Gasteiger partial charge is 0.230 e. The molecule has 22 heavy (non-hydrogen) atoms. The molecule has 2 aromatic rings. The Hall–Kier alpha value is -1.57. The molecule has 120 valence electrons. The first-order valence-corrected chi connectivity index (χ1v) is 9.00. The zero-order chi connectivity index (χ0) is 15.6. The predicted molar refractivity (Wildman–Crippen MR) is 93.7 cm³/mol. The lowest BCUT2D eigenvalue weighted by Crippen LogP contribution is -2.34. The Labute approximate surface area is 135 Å². The molecule has 0 aliphatic rings. The summed E-state index contributed by atoms with van der Waals surface area (Å²) in [4.78, 5) is 0. The molecule has 0 radical (unpaired) electrons. The van der Waals surface area contributed by atoms with Gasteiger partial charge in [-0.05, 0) is 31.4 Å². The second kappa shape index (κ2) is 9.45. The van der Waals surface area contributed by atoms with E-state index in [2.05, 4.69) is 65.7 Å². The maximum atomic E-state index is 2.44. The van der Waals surface area contributed by atoms with Gasteiger partial charge in [-0.2, -0.15) is 0 Å². The highest BCUT2D eigenvalue weighted by Crippen LogP contribution is 2.17. The summed E-state index contributed by atoms with van der Waals surface area (Å²) in [5, 5.41) is 0. The van der Waals surface area contributed by atoms with Gasteiger partial charge in [0, 0.05) is 0 Å². The zero-order valence-corrected chi connectivity index (χ0v) is 14.3. The number of rotatable bonds is 10. The van der Waals surface area contributed by atoms with Gasteiger partial charge in [-0.1, -0.05) is 57.7 Å². The highest BCUT2D eigenvalue weighted by atomic mass is 15.1. The lowest BCUT2D eigenvalue weighted by atomic mass is 10.1. The topological polar surface area (TPSA) is 8.81 Å². The molecule has 0 amide bonds. The summed E-state index contributed by atoms with van der Waals surface area (Å²) >= 11 is 0. The molecule has 0 fully saturated rings. The van der Waals surface area contributed by atoms with E-state index >= 15 is 0 Å². The van der Waals surface area contributed by atoms with Gasteiger partial charge in [0.25, 0.3) is 5.82 Å². The lowest BCUT2D eigenvalue weighted by molar-refractivity contribution is -0.686. The molecule has 0 spiro atoms. The maximum absolute atomic E-state index is 2.44.